The lowest BCUT2D eigenvalue weighted by Crippen LogP contribution is -2.22. The molecule has 3 nitrogen and oxygen atoms in total. The molecular weight excluding hydrogens is 214 g/mol. The number of rotatable bonds is 2. The van der Waals surface area contributed by atoms with Crippen molar-refractivity contribution in [2.75, 3.05) is 20.1 Å². The summed E-state index contributed by atoms with van der Waals surface area (Å²) < 4.78 is 0. The van der Waals surface area contributed by atoms with Crippen molar-refractivity contribution in [1.29, 1.82) is 0 Å². The highest BCUT2D eigenvalue weighted by Gasteiger charge is 2.31. The van der Waals surface area contributed by atoms with Crippen LogP contribution >= 0.6 is 0 Å². The summed E-state index contributed by atoms with van der Waals surface area (Å²) in [7, 11) is 2.06. The minimum atomic E-state index is -0.658. The lowest BCUT2D eigenvalue weighted by molar-refractivity contribution is -0.142. The first-order valence-corrected chi connectivity index (χ1v) is 6.15. The molecule has 92 valence electrons. The van der Waals surface area contributed by atoms with Crippen LogP contribution in [0.2, 0.25) is 0 Å². The van der Waals surface area contributed by atoms with Crippen molar-refractivity contribution < 1.29 is 9.90 Å². The molecular formula is C14H19NO2. The van der Waals surface area contributed by atoms with Crippen molar-refractivity contribution in [1.82, 2.24) is 4.90 Å². The van der Waals surface area contributed by atoms with Crippen LogP contribution < -0.4 is 0 Å². The average molecular weight is 233 g/mol. The number of benzene rings is 1. The van der Waals surface area contributed by atoms with Crippen LogP contribution in [0.3, 0.4) is 0 Å². The highest BCUT2D eigenvalue weighted by molar-refractivity contribution is 5.71. The fourth-order valence-electron chi connectivity index (χ4n) is 2.63. The minimum Gasteiger partial charge on any atom is -0.481 e. The van der Waals surface area contributed by atoms with E-state index in [9.17, 15) is 9.90 Å². The maximum absolute atomic E-state index is 11.4. The van der Waals surface area contributed by atoms with E-state index in [0.717, 1.165) is 31.5 Å². The van der Waals surface area contributed by atoms with Crippen molar-refractivity contribution in [2.24, 2.45) is 5.92 Å². The number of carboxylic acids is 1. The molecule has 2 rings (SSSR count). The molecule has 1 N–H and O–H groups in total. The van der Waals surface area contributed by atoms with Crippen LogP contribution in [0.1, 0.15) is 24.3 Å². The first-order valence-electron chi connectivity index (χ1n) is 6.15. The van der Waals surface area contributed by atoms with Crippen LogP contribution in [0, 0.1) is 5.92 Å². The third kappa shape index (κ3) is 2.86. The summed E-state index contributed by atoms with van der Waals surface area (Å²) in [6.07, 6.45) is 1.67. The van der Waals surface area contributed by atoms with Gasteiger partial charge < -0.3 is 10.0 Å². The zero-order chi connectivity index (χ0) is 12.3. The molecule has 3 heteroatoms. The van der Waals surface area contributed by atoms with Gasteiger partial charge in [0.25, 0.3) is 0 Å². The molecule has 1 aromatic carbocycles. The molecule has 1 aliphatic rings. The van der Waals surface area contributed by atoms with Crippen molar-refractivity contribution in [3.05, 3.63) is 35.9 Å². The molecule has 17 heavy (non-hydrogen) atoms. The van der Waals surface area contributed by atoms with E-state index in [2.05, 4.69) is 11.9 Å². The molecule has 1 aromatic rings. The van der Waals surface area contributed by atoms with Gasteiger partial charge in [0.2, 0.25) is 0 Å². The summed E-state index contributed by atoms with van der Waals surface area (Å²) in [5.74, 6) is -0.754. The van der Waals surface area contributed by atoms with Crippen molar-refractivity contribution in [3.8, 4) is 0 Å². The first kappa shape index (κ1) is 12.1. The number of nitrogens with zero attached hydrogens (tertiary/aromatic N) is 1. The van der Waals surface area contributed by atoms with Gasteiger partial charge in [0, 0.05) is 0 Å². The minimum absolute atomic E-state index is 0.152. The molecule has 1 heterocycles. The van der Waals surface area contributed by atoms with Gasteiger partial charge in [-0.05, 0) is 44.5 Å². The van der Waals surface area contributed by atoms with Gasteiger partial charge in [0.15, 0.2) is 0 Å². The van der Waals surface area contributed by atoms with Gasteiger partial charge >= 0.3 is 5.97 Å². The maximum Gasteiger partial charge on any atom is 0.307 e. The summed E-state index contributed by atoms with van der Waals surface area (Å²) in [5, 5.41) is 9.36. The van der Waals surface area contributed by atoms with Crippen LogP contribution in [-0.2, 0) is 4.79 Å². The van der Waals surface area contributed by atoms with Crippen LogP contribution in [-0.4, -0.2) is 36.1 Å². The molecule has 2 unspecified atom stereocenters. The fourth-order valence-corrected chi connectivity index (χ4v) is 2.63. The molecule has 1 aliphatic heterocycles. The Morgan fingerprint density at radius 1 is 1.24 bits per heavy atom. The van der Waals surface area contributed by atoms with Crippen LogP contribution in [0.25, 0.3) is 0 Å². The first-order chi connectivity index (χ1) is 8.18. The summed E-state index contributed by atoms with van der Waals surface area (Å²) in [6.45, 7) is 1.85. The predicted molar refractivity (Wildman–Crippen MR) is 67.0 cm³/mol. The number of hydrogen-bond acceptors (Lipinski definition) is 2. The number of carbonyl (C=O) groups is 1. The van der Waals surface area contributed by atoms with Crippen molar-refractivity contribution in [2.45, 2.75) is 18.8 Å². The Hall–Kier alpha value is -1.35. The largest absolute Gasteiger partial charge is 0.481 e. The molecule has 2 atom stereocenters. The topological polar surface area (TPSA) is 40.5 Å². The van der Waals surface area contributed by atoms with Crippen LogP contribution in [0.4, 0.5) is 0 Å². The second kappa shape index (κ2) is 5.32. The second-order valence-electron chi connectivity index (χ2n) is 4.84. The smallest absolute Gasteiger partial charge is 0.307 e. The van der Waals surface area contributed by atoms with E-state index >= 15 is 0 Å². The van der Waals surface area contributed by atoms with E-state index in [-0.39, 0.29) is 11.8 Å². The molecule has 0 bridgehead atoms. The molecule has 0 amide bonds. The molecule has 0 saturated carbocycles. The summed E-state index contributed by atoms with van der Waals surface area (Å²) in [5.41, 5.74) is 1.16. The Bertz CT molecular complexity index is 377. The number of likely N-dealkylation sites (tertiary alicyclic amines) is 1. The van der Waals surface area contributed by atoms with Crippen molar-refractivity contribution >= 4 is 5.97 Å². The quantitative estimate of drug-likeness (QED) is 0.851. The Morgan fingerprint density at radius 3 is 2.53 bits per heavy atom. The van der Waals surface area contributed by atoms with Gasteiger partial charge in [0.1, 0.15) is 0 Å². The van der Waals surface area contributed by atoms with E-state index in [0.29, 0.717) is 0 Å². The van der Waals surface area contributed by atoms with Gasteiger partial charge in [-0.25, -0.2) is 0 Å². The molecule has 1 saturated heterocycles. The highest BCUT2D eigenvalue weighted by atomic mass is 16.4. The Labute approximate surface area is 102 Å². The standard InChI is InChI=1S/C14H19NO2/c1-15-9-7-12(11-5-3-2-4-6-11)13(8-10-15)14(16)17/h2-6,12-13H,7-10H2,1H3,(H,16,17). The van der Waals surface area contributed by atoms with Gasteiger partial charge in [-0.2, -0.15) is 0 Å². The molecule has 1 fully saturated rings. The van der Waals surface area contributed by atoms with E-state index < -0.39 is 5.97 Å². The Balaban J connectivity index is 2.24. The third-order valence-corrected chi connectivity index (χ3v) is 3.67. The lowest BCUT2D eigenvalue weighted by atomic mass is 9.82. The zero-order valence-corrected chi connectivity index (χ0v) is 10.2. The van der Waals surface area contributed by atoms with Gasteiger partial charge in [0.05, 0.1) is 5.92 Å². The fraction of sp³-hybridized carbons (Fsp3) is 0.500. The second-order valence-corrected chi connectivity index (χ2v) is 4.84. The summed E-state index contributed by atoms with van der Waals surface area (Å²) in [4.78, 5) is 13.6. The third-order valence-electron chi connectivity index (χ3n) is 3.67. The lowest BCUT2D eigenvalue weighted by Gasteiger charge is -2.21. The number of carboxylic acid groups (broad SMARTS) is 1. The number of aliphatic carboxylic acids is 1. The SMILES string of the molecule is CN1CCC(C(=O)O)C(c2ccccc2)CC1. The van der Waals surface area contributed by atoms with E-state index in [1.807, 2.05) is 30.3 Å². The monoisotopic (exact) mass is 233 g/mol. The molecule has 0 aliphatic carbocycles. The molecule has 0 spiro atoms. The predicted octanol–water partition coefficient (Wildman–Crippen LogP) is 2.20. The van der Waals surface area contributed by atoms with E-state index in [4.69, 9.17) is 0 Å². The van der Waals surface area contributed by atoms with Gasteiger partial charge in [-0.15, -0.1) is 0 Å². The summed E-state index contributed by atoms with van der Waals surface area (Å²) >= 11 is 0. The van der Waals surface area contributed by atoms with Crippen LogP contribution in [0.15, 0.2) is 30.3 Å². The normalized spacial score (nSPS) is 26.4. The molecule has 0 aromatic heterocycles. The van der Waals surface area contributed by atoms with Crippen LogP contribution in [0.5, 0.6) is 0 Å². The van der Waals surface area contributed by atoms with Gasteiger partial charge in [-0.3, -0.25) is 4.79 Å². The summed E-state index contributed by atoms with van der Waals surface area (Å²) in [6, 6.07) is 10.0. The molecule has 0 radical (unpaired) electrons. The van der Waals surface area contributed by atoms with Gasteiger partial charge in [-0.1, -0.05) is 30.3 Å². The average Bonchev–Trinajstić information content (AvgIpc) is 2.52. The highest BCUT2D eigenvalue weighted by Crippen LogP contribution is 2.33. The zero-order valence-electron chi connectivity index (χ0n) is 10.2. The van der Waals surface area contributed by atoms with E-state index in [1.165, 1.54) is 0 Å². The Kier molecular flexibility index (Phi) is 3.79. The Morgan fingerprint density at radius 2 is 1.88 bits per heavy atom. The van der Waals surface area contributed by atoms with E-state index in [1.54, 1.807) is 0 Å². The van der Waals surface area contributed by atoms with Crippen molar-refractivity contribution in [3.63, 3.8) is 0 Å². The number of hydrogen-bond donors (Lipinski definition) is 1. The maximum atomic E-state index is 11.4.